The SMILES string of the molecule is NCC(=O)NC(CC(N)=O)C(=O)NC(CC(N)=O)C(=O)NC(Cc1ccccc1)C(=O)O. The Balaban J connectivity index is 2.98. The van der Waals surface area contributed by atoms with E-state index in [-0.39, 0.29) is 6.42 Å². The van der Waals surface area contributed by atoms with Gasteiger partial charge in [-0.15, -0.1) is 0 Å². The molecule has 0 aromatic heterocycles. The molecule has 10 N–H and O–H groups in total. The summed E-state index contributed by atoms with van der Waals surface area (Å²) in [6.07, 6.45) is -1.33. The fourth-order valence-electron chi connectivity index (χ4n) is 2.67. The first-order chi connectivity index (χ1) is 15.0. The number of carbonyl (C=O) groups excluding carboxylic acids is 5. The van der Waals surface area contributed by atoms with Crippen LogP contribution in [-0.4, -0.2) is 65.3 Å². The van der Waals surface area contributed by atoms with Gasteiger partial charge in [0.1, 0.15) is 18.1 Å². The number of hydrogen-bond donors (Lipinski definition) is 7. The summed E-state index contributed by atoms with van der Waals surface area (Å²) in [4.78, 5) is 70.9. The lowest BCUT2D eigenvalue weighted by atomic mass is 10.0. The van der Waals surface area contributed by atoms with E-state index >= 15 is 0 Å². The van der Waals surface area contributed by atoms with E-state index in [1.807, 2.05) is 0 Å². The van der Waals surface area contributed by atoms with Crippen molar-refractivity contribution in [3.8, 4) is 0 Å². The van der Waals surface area contributed by atoms with Gasteiger partial charge in [-0.05, 0) is 5.56 Å². The molecule has 0 radical (unpaired) electrons. The average Bonchev–Trinajstić information content (AvgIpc) is 2.72. The second-order valence-electron chi connectivity index (χ2n) is 6.82. The summed E-state index contributed by atoms with van der Waals surface area (Å²) in [5.74, 6) is -6.00. The van der Waals surface area contributed by atoms with Crippen LogP contribution in [0.15, 0.2) is 30.3 Å². The molecule has 3 unspecified atom stereocenters. The summed E-state index contributed by atoms with van der Waals surface area (Å²) in [6, 6.07) is 4.06. The van der Waals surface area contributed by atoms with E-state index in [2.05, 4.69) is 16.0 Å². The van der Waals surface area contributed by atoms with E-state index in [0.717, 1.165) is 0 Å². The van der Waals surface area contributed by atoms with E-state index in [1.165, 1.54) is 0 Å². The molecule has 1 aromatic rings. The smallest absolute Gasteiger partial charge is 0.326 e. The van der Waals surface area contributed by atoms with Gasteiger partial charge in [-0.25, -0.2) is 4.79 Å². The van der Waals surface area contributed by atoms with Gasteiger partial charge in [0, 0.05) is 6.42 Å². The number of hydrogen-bond acceptors (Lipinski definition) is 7. The Kier molecular flexibility index (Phi) is 10.3. The maximum atomic E-state index is 12.6. The number of nitrogens with one attached hydrogen (secondary N) is 3. The van der Waals surface area contributed by atoms with Gasteiger partial charge in [0.25, 0.3) is 0 Å². The summed E-state index contributed by atoms with van der Waals surface area (Å²) in [6.45, 7) is -0.479. The monoisotopic (exact) mass is 450 g/mol. The zero-order valence-electron chi connectivity index (χ0n) is 17.1. The number of carbonyl (C=O) groups is 6. The first-order valence-electron chi connectivity index (χ1n) is 9.47. The third-order valence-electron chi connectivity index (χ3n) is 4.18. The molecular weight excluding hydrogens is 424 g/mol. The van der Waals surface area contributed by atoms with E-state index in [0.29, 0.717) is 5.56 Å². The minimum Gasteiger partial charge on any atom is -0.480 e. The maximum absolute atomic E-state index is 12.6. The van der Waals surface area contributed by atoms with Crippen molar-refractivity contribution in [2.75, 3.05) is 6.54 Å². The number of amides is 5. The van der Waals surface area contributed by atoms with Crippen molar-refractivity contribution in [3.05, 3.63) is 35.9 Å². The van der Waals surface area contributed by atoms with Crippen LogP contribution >= 0.6 is 0 Å². The van der Waals surface area contributed by atoms with Gasteiger partial charge in [-0.2, -0.15) is 0 Å². The number of nitrogens with two attached hydrogens (primary N) is 3. The van der Waals surface area contributed by atoms with Crippen molar-refractivity contribution in [3.63, 3.8) is 0 Å². The number of carboxylic acids is 1. The van der Waals surface area contributed by atoms with Crippen LogP contribution in [0, 0.1) is 0 Å². The molecule has 0 aliphatic rings. The summed E-state index contributed by atoms with van der Waals surface area (Å²) < 4.78 is 0. The molecule has 0 bridgehead atoms. The first kappa shape index (κ1) is 26.0. The molecule has 13 nitrogen and oxygen atoms in total. The van der Waals surface area contributed by atoms with Crippen LogP contribution in [0.2, 0.25) is 0 Å². The van der Waals surface area contributed by atoms with Crippen LogP contribution in [-0.2, 0) is 35.2 Å². The predicted octanol–water partition coefficient (Wildman–Crippen LogP) is -3.52. The highest BCUT2D eigenvalue weighted by atomic mass is 16.4. The van der Waals surface area contributed by atoms with Crippen molar-refractivity contribution in [2.24, 2.45) is 17.2 Å². The van der Waals surface area contributed by atoms with E-state index < -0.39 is 73.0 Å². The Morgan fingerprint density at radius 2 is 1.25 bits per heavy atom. The molecule has 174 valence electrons. The Bertz CT molecular complexity index is 861. The molecule has 0 heterocycles. The third-order valence-corrected chi connectivity index (χ3v) is 4.18. The van der Waals surface area contributed by atoms with Gasteiger partial charge >= 0.3 is 5.97 Å². The fraction of sp³-hybridized carbons (Fsp3) is 0.368. The molecule has 13 heteroatoms. The predicted molar refractivity (Wildman–Crippen MR) is 110 cm³/mol. The lowest BCUT2D eigenvalue weighted by Crippen LogP contribution is -2.57. The third kappa shape index (κ3) is 9.21. The van der Waals surface area contributed by atoms with Crippen LogP contribution in [0.25, 0.3) is 0 Å². The standard InChI is InChI=1S/C19H26N6O7/c20-9-16(28)23-11(7-14(21)26)17(29)24-12(8-15(22)27)18(30)25-13(19(31)32)6-10-4-2-1-3-5-10/h1-5,11-13H,6-9,20H2,(H2,21,26)(H2,22,27)(H,23,28)(H,24,29)(H,25,30)(H,31,32). The van der Waals surface area contributed by atoms with Crippen LogP contribution in [0.1, 0.15) is 18.4 Å². The summed E-state index contributed by atoms with van der Waals surface area (Å²) in [5, 5.41) is 16.0. The molecule has 0 saturated carbocycles. The van der Waals surface area contributed by atoms with Crippen LogP contribution in [0.5, 0.6) is 0 Å². The van der Waals surface area contributed by atoms with Crippen LogP contribution in [0.3, 0.4) is 0 Å². The normalized spacial score (nSPS) is 13.2. The Hall–Kier alpha value is -4.00. The molecule has 0 saturated heterocycles. The quantitative estimate of drug-likeness (QED) is 0.158. The number of primary amides is 2. The zero-order valence-corrected chi connectivity index (χ0v) is 17.1. The summed E-state index contributed by atoms with van der Waals surface area (Å²) >= 11 is 0. The van der Waals surface area contributed by atoms with Crippen molar-refractivity contribution < 1.29 is 33.9 Å². The minimum atomic E-state index is -1.57. The summed E-state index contributed by atoms with van der Waals surface area (Å²) in [7, 11) is 0. The average molecular weight is 450 g/mol. The number of aliphatic carboxylic acids is 1. The molecule has 0 aliphatic heterocycles. The molecule has 32 heavy (non-hydrogen) atoms. The molecule has 0 aliphatic carbocycles. The fourth-order valence-corrected chi connectivity index (χ4v) is 2.67. The lowest BCUT2D eigenvalue weighted by molar-refractivity contribution is -0.142. The molecular formula is C19H26N6O7. The molecule has 0 fully saturated rings. The van der Waals surface area contributed by atoms with Gasteiger partial charge in [0.15, 0.2) is 0 Å². The van der Waals surface area contributed by atoms with Gasteiger partial charge in [-0.1, -0.05) is 30.3 Å². The van der Waals surface area contributed by atoms with Crippen molar-refractivity contribution in [1.29, 1.82) is 0 Å². The Morgan fingerprint density at radius 3 is 1.69 bits per heavy atom. The van der Waals surface area contributed by atoms with Crippen molar-refractivity contribution in [2.45, 2.75) is 37.4 Å². The van der Waals surface area contributed by atoms with Crippen LogP contribution < -0.4 is 33.2 Å². The highest BCUT2D eigenvalue weighted by Gasteiger charge is 2.31. The van der Waals surface area contributed by atoms with Gasteiger partial charge in [0.05, 0.1) is 19.4 Å². The van der Waals surface area contributed by atoms with E-state index in [4.69, 9.17) is 17.2 Å². The zero-order chi connectivity index (χ0) is 24.3. The largest absolute Gasteiger partial charge is 0.480 e. The van der Waals surface area contributed by atoms with E-state index in [1.54, 1.807) is 30.3 Å². The molecule has 0 spiro atoms. The molecule has 5 amide bonds. The van der Waals surface area contributed by atoms with Crippen molar-refractivity contribution in [1.82, 2.24) is 16.0 Å². The van der Waals surface area contributed by atoms with Gasteiger partial charge in [-0.3, -0.25) is 24.0 Å². The topological polar surface area (TPSA) is 237 Å². The van der Waals surface area contributed by atoms with Crippen LogP contribution in [0.4, 0.5) is 0 Å². The Morgan fingerprint density at radius 1 is 0.781 bits per heavy atom. The number of carboxylic acid groups (broad SMARTS) is 1. The maximum Gasteiger partial charge on any atom is 0.326 e. The molecule has 1 aromatic carbocycles. The first-order valence-corrected chi connectivity index (χ1v) is 9.47. The molecule has 1 rings (SSSR count). The highest BCUT2D eigenvalue weighted by molar-refractivity contribution is 5.97. The highest BCUT2D eigenvalue weighted by Crippen LogP contribution is 2.05. The lowest BCUT2D eigenvalue weighted by Gasteiger charge is -2.23. The Labute approximate surface area is 183 Å². The minimum absolute atomic E-state index is 0.0595. The second-order valence-corrected chi connectivity index (χ2v) is 6.82. The number of benzene rings is 1. The number of rotatable bonds is 13. The van der Waals surface area contributed by atoms with Gasteiger partial charge in [0.2, 0.25) is 29.5 Å². The van der Waals surface area contributed by atoms with Crippen molar-refractivity contribution >= 4 is 35.5 Å². The summed E-state index contributed by atoms with van der Waals surface area (Å²) in [5.41, 5.74) is 16.0. The molecule has 3 atom stereocenters. The van der Waals surface area contributed by atoms with E-state index in [9.17, 15) is 33.9 Å². The van der Waals surface area contributed by atoms with Gasteiger partial charge < -0.3 is 38.3 Å². The second kappa shape index (κ2) is 12.6.